The first kappa shape index (κ1) is 10.7. The van der Waals surface area contributed by atoms with Gasteiger partial charge in [0.15, 0.2) is 0 Å². The third-order valence-corrected chi connectivity index (χ3v) is 1.47. The fourth-order valence-electron chi connectivity index (χ4n) is 0.893. The maximum Gasteiger partial charge on any atom is 0.0635 e. The van der Waals surface area contributed by atoms with Crippen LogP contribution in [0.15, 0.2) is 12.7 Å². The molecule has 0 aliphatic carbocycles. The molecule has 0 amide bonds. The van der Waals surface area contributed by atoms with Gasteiger partial charge in [-0.1, -0.05) is 6.08 Å². The van der Waals surface area contributed by atoms with E-state index >= 15 is 0 Å². The van der Waals surface area contributed by atoms with E-state index in [9.17, 15) is 0 Å². The molecule has 0 aliphatic heterocycles. The van der Waals surface area contributed by atoms with Gasteiger partial charge in [0.25, 0.3) is 0 Å². The van der Waals surface area contributed by atoms with E-state index in [1.165, 1.54) is 0 Å². The molecule has 0 rings (SSSR count). The first-order chi connectivity index (χ1) is 5.85. The molecule has 0 heterocycles. The highest BCUT2D eigenvalue weighted by atomic mass is 15.1. The van der Waals surface area contributed by atoms with Crippen LogP contribution >= 0.6 is 0 Å². The third kappa shape index (κ3) is 5.46. The molecule has 0 bridgehead atoms. The Bertz CT molecular complexity index is 179. The summed E-state index contributed by atoms with van der Waals surface area (Å²) in [6.45, 7) is 5.82. The predicted molar refractivity (Wildman–Crippen MR) is 47.1 cm³/mol. The fourth-order valence-corrected chi connectivity index (χ4v) is 0.893. The van der Waals surface area contributed by atoms with E-state index in [4.69, 9.17) is 10.5 Å². The average molecular weight is 163 g/mol. The van der Waals surface area contributed by atoms with Gasteiger partial charge in [0.1, 0.15) is 0 Å². The summed E-state index contributed by atoms with van der Waals surface area (Å²) in [7, 11) is 0. The Morgan fingerprint density at radius 2 is 1.67 bits per heavy atom. The number of nitrogens with zero attached hydrogens (tertiary/aromatic N) is 3. The van der Waals surface area contributed by atoms with Crippen LogP contribution in [0.3, 0.4) is 0 Å². The topological polar surface area (TPSA) is 50.8 Å². The van der Waals surface area contributed by atoms with Crippen molar-refractivity contribution in [3.05, 3.63) is 12.7 Å². The lowest BCUT2D eigenvalue weighted by Gasteiger charge is -2.16. The second-order valence-corrected chi connectivity index (χ2v) is 2.41. The van der Waals surface area contributed by atoms with Crippen LogP contribution < -0.4 is 0 Å². The van der Waals surface area contributed by atoms with Crippen molar-refractivity contribution in [3.63, 3.8) is 0 Å². The maximum atomic E-state index is 8.34. The molecule has 0 fully saturated rings. The Balaban J connectivity index is 3.64. The van der Waals surface area contributed by atoms with Crippen LogP contribution in [-0.4, -0.2) is 24.5 Å². The summed E-state index contributed by atoms with van der Waals surface area (Å²) in [5, 5.41) is 16.7. The Morgan fingerprint density at radius 1 is 1.17 bits per heavy atom. The first-order valence-electron chi connectivity index (χ1n) is 3.92. The predicted octanol–water partition coefficient (Wildman–Crippen LogP) is 1.30. The Morgan fingerprint density at radius 3 is 2.00 bits per heavy atom. The summed E-state index contributed by atoms with van der Waals surface area (Å²) >= 11 is 0. The monoisotopic (exact) mass is 163 g/mol. The highest BCUT2D eigenvalue weighted by Crippen LogP contribution is 1.93. The van der Waals surface area contributed by atoms with Gasteiger partial charge in [-0.3, -0.25) is 4.90 Å². The molecule has 3 heteroatoms. The SMILES string of the molecule is C=CCN(CCC#N)CCC#N. The molecule has 0 N–H and O–H groups in total. The van der Waals surface area contributed by atoms with Gasteiger partial charge in [-0.15, -0.1) is 6.58 Å². The molecule has 0 atom stereocenters. The molecular weight excluding hydrogens is 150 g/mol. The zero-order chi connectivity index (χ0) is 9.23. The van der Waals surface area contributed by atoms with E-state index in [2.05, 4.69) is 18.7 Å². The highest BCUT2D eigenvalue weighted by molar-refractivity contribution is 4.80. The quantitative estimate of drug-likeness (QED) is 0.554. The van der Waals surface area contributed by atoms with E-state index in [0.717, 1.165) is 19.6 Å². The molecule has 12 heavy (non-hydrogen) atoms. The standard InChI is InChI=1S/C9H13N3/c1-2-7-12(8-3-5-10)9-4-6-11/h2H,1,3-4,7-9H2. The molecule has 0 saturated heterocycles. The highest BCUT2D eigenvalue weighted by Gasteiger charge is 2.00. The zero-order valence-electron chi connectivity index (χ0n) is 7.16. The fraction of sp³-hybridized carbons (Fsp3) is 0.556. The van der Waals surface area contributed by atoms with Crippen LogP contribution in [0.4, 0.5) is 0 Å². The van der Waals surface area contributed by atoms with Crippen LogP contribution in [0.1, 0.15) is 12.8 Å². The lowest BCUT2D eigenvalue weighted by atomic mass is 10.3. The third-order valence-electron chi connectivity index (χ3n) is 1.47. The molecule has 0 aromatic carbocycles. The van der Waals surface area contributed by atoms with Crippen molar-refractivity contribution < 1.29 is 0 Å². The molecule has 0 unspecified atom stereocenters. The molecule has 0 aromatic heterocycles. The zero-order valence-corrected chi connectivity index (χ0v) is 7.16. The van der Waals surface area contributed by atoms with Gasteiger partial charge >= 0.3 is 0 Å². The number of rotatable bonds is 6. The molecule has 0 spiro atoms. The molecule has 0 radical (unpaired) electrons. The van der Waals surface area contributed by atoms with Gasteiger partial charge in [-0.25, -0.2) is 0 Å². The van der Waals surface area contributed by atoms with Gasteiger partial charge in [-0.05, 0) is 0 Å². The Labute approximate surface area is 73.5 Å². The summed E-state index contributed by atoms with van der Waals surface area (Å²) in [5.41, 5.74) is 0. The van der Waals surface area contributed by atoms with Crippen LogP contribution in [0, 0.1) is 22.7 Å². The normalized spacial score (nSPS) is 8.92. The number of nitriles is 2. The summed E-state index contributed by atoms with van der Waals surface area (Å²) in [6.07, 6.45) is 2.81. The maximum absolute atomic E-state index is 8.34. The average Bonchev–Trinajstić information content (AvgIpc) is 2.10. The minimum Gasteiger partial charge on any atom is -0.298 e. The van der Waals surface area contributed by atoms with E-state index in [1.54, 1.807) is 6.08 Å². The van der Waals surface area contributed by atoms with Crippen molar-refractivity contribution in [1.29, 1.82) is 10.5 Å². The van der Waals surface area contributed by atoms with E-state index in [1.807, 2.05) is 4.90 Å². The molecule has 0 aromatic rings. The van der Waals surface area contributed by atoms with Crippen molar-refractivity contribution >= 4 is 0 Å². The van der Waals surface area contributed by atoms with E-state index in [-0.39, 0.29) is 0 Å². The lowest BCUT2D eigenvalue weighted by molar-refractivity contribution is 0.317. The van der Waals surface area contributed by atoms with Crippen LogP contribution in [-0.2, 0) is 0 Å². The summed E-state index contributed by atoms with van der Waals surface area (Å²) in [6, 6.07) is 4.15. The molecule has 3 nitrogen and oxygen atoms in total. The minimum atomic E-state index is 0.513. The van der Waals surface area contributed by atoms with Crippen LogP contribution in [0.25, 0.3) is 0 Å². The first-order valence-corrected chi connectivity index (χ1v) is 3.92. The van der Waals surface area contributed by atoms with Crippen molar-refractivity contribution in [2.75, 3.05) is 19.6 Å². The van der Waals surface area contributed by atoms with E-state index in [0.29, 0.717) is 12.8 Å². The second kappa shape index (κ2) is 7.78. The summed E-state index contributed by atoms with van der Waals surface area (Å²) in [4.78, 5) is 2.04. The Kier molecular flexibility index (Phi) is 6.93. The molecular formula is C9H13N3. The van der Waals surface area contributed by atoms with Crippen LogP contribution in [0.2, 0.25) is 0 Å². The number of hydrogen-bond acceptors (Lipinski definition) is 3. The van der Waals surface area contributed by atoms with Gasteiger partial charge in [0.05, 0.1) is 12.1 Å². The lowest BCUT2D eigenvalue weighted by Crippen LogP contribution is -2.25. The van der Waals surface area contributed by atoms with Crippen molar-refractivity contribution in [1.82, 2.24) is 4.90 Å². The smallest absolute Gasteiger partial charge is 0.0635 e. The Hall–Kier alpha value is -1.32. The largest absolute Gasteiger partial charge is 0.298 e. The van der Waals surface area contributed by atoms with Gasteiger partial charge in [0, 0.05) is 32.5 Å². The van der Waals surface area contributed by atoms with Crippen molar-refractivity contribution in [2.24, 2.45) is 0 Å². The molecule has 0 aliphatic rings. The van der Waals surface area contributed by atoms with E-state index < -0.39 is 0 Å². The number of hydrogen-bond donors (Lipinski definition) is 0. The van der Waals surface area contributed by atoms with Crippen molar-refractivity contribution in [3.8, 4) is 12.1 Å². The van der Waals surface area contributed by atoms with Gasteiger partial charge in [-0.2, -0.15) is 10.5 Å². The summed E-state index contributed by atoms with van der Waals surface area (Å²) in [5.74, 6) is 0. The van der Waals surface area contributed by atoms with Crippen LogP contribution in [0.5, 0.6) is 0 Å². The second-order valence-electron chi connectivity index (χ2n) is 2.41. The minimum absolute atomic E-state index is 0.513. The van der Waals surface area contributed by atoms with Crippen molar-refractivity contribution in [2.45, 2.75) is 12.8 Å². The molecule has 0 saturated carbocycles. The van der Waals surface area contributed by atoms with Gasteiger partial charge < -0.3 is 0 Å². The van der Waals surface area contributed by atoms with Gasteiger partial charge in [0.2, 0.25) is 0 Å². The summed E-state index contributed by atoms with van der Waals surface area (Å²) < 4.78 is 0. The molecule has 64 valence electrons.